The van der Waals surface area contributed by atoms with Crippen molar-refractivity contribution in [3.05, 3.63) is 18.0 Å². The summed E-state index contributed by atoms with van der Waals surface area (Å²) in [6.45, 7) is 1.95. The summed E-state index contributed by atoms with van der Waals surface area (Å²) in [7, 11) is 4.13. The third kappa shape index (κ3) is 2.96. The average molecular weight is 288 g/mol. The molecular formula is C16H24N4O. The Hall–Kier alpha value is -1.78. The van der Waals surface area contributed by atoms with Crippen molar-refractivity contribution < 1.29 is 4.79 Å². The fourth-order valence-corrected chi connectivity index (χ4v) is 3.21. The standard InChI is InChI=1S/C16H24N4O/c1-19-8-9-20(2)15-11-17-13(10-14(15)19)16(21)18-12-6-4-3-5-7-12/h10-12H,3-9H2,1-2H3,(H,18,21). The summed E-state index contributed by atoms with van der Waals surface area (Å²) in [6, 6.07) is 2.24. The molecule has 114 valence electrons. The maximum absolute atomic E-state index is 12.4. The van der Waals surface area contributed by atoms with Crippen molar-refractivity contribution in [1.29, 1.82) is 0 Å². The van der Waals surface area contributed by atoms with Crippen LogP contribution < -0.4 is 15.1 Å². The molecule has 0 bridgehead atoms. The Morgan fingerprint density at radius 3 is 2.52 bits per heavy atom. The van der Waals surface area contributed by atoms with Gasteiger partial charge in [0.05, 0.1) is 17.6 Å². The molecular weight excluding hydrogens is 264 g/mol. The van der Waals surface area contributed by atoms with Crippen LogP contribution in [0.1, 0.15) is 42.6 Å². The van der Waals surface area contributed by atoms with E-state index in [4.69, 9.17) is 0 Å². The summed E-state index contributed by atoms with van der Waals surface area (Å²) in [5, 5.41) is 3.13. The summed E-state index contributed by atoms with van der Waals surface area (Å²) in [5.41, 5.74) is 2.71. The van der Waals surface area contributed by atoms with E-state index in [9.17, 15) is 4.79 Å². The Kier molecular flexibility index (Phi) is 3.99. The molecule has 21 heavy (non-hydrogen) atoms. The van der Waals surface area contributed by atoms with E-state index in [-0.39, 0.29) is 5.91 Å². The van der Waals surface area contributed by atoms with Crippen molar-refractivity contribution in [2.75, 3.05) is 37.0 Å². The van der Waals surface area contributed by atoms with Crippen LogP contribution in [0.5, 0.6) is 0 Å². The van der Waals surface area contributed by atoms with Crippen LogP contribution in [-0.4, -0.2) is 44.1 Å². The number of aromatic nitrogens is 1. The number of nitrogens with zero attached hydrogens (tertiary/aromatic N) is 3. The number of carbonyl (C=O) groups is 1. The minimum absolute atomic E-state index is 0.0358. The second kappa shape index (κ2) is 5.92. The van der Waals surface area contributed by atoms with E-state index in [0.29, 0.717) is 11.7 Å². The molecule has 1 aliphatic heterocycles. The second-order valence-electron chi connectivity index (χ2n) is 6.21. The van der Waals surface area contributed by atoms with Gasteiger partial charge in [-0.2, -0.15) is 0 Å². The normalized spacial score (nSPS) is 19.3. The van der Waals surface area contributed by atoms with Crippen molar-refractivity contribution in [3.63, 3.8) is 0 Å². The first-order valence-electron chi connectivity index (χ1n) is 7.88. The van der Waals surface area contributed by atoms with E-state index < -0.39 is 0 Å². The first-order chi connectivity index (χ1) is 10.1. The number of rotatable bonds is 2. The Balaban J connectivity index is 1.76. The van der Waals surface area contributed by atoms with E-state index in [1.54, 1.807) is 0 Å². The molecule has 5 nitrogen and oxygen atoms in total. The molecule has 2 heterocycles. The third-order valence-corrected chi connectivity index (χ3v) is 4.63. The number of hydrogen-bond acceptors (Lipinski definition) is 4. The molecule has 0 aromatic carbocycles. The van der Waals surface area contributed by atoms with E-state index in [1.165, 1.54) is 19.3 Å². The molecule has 1 fully saturated rings. The number of carbonyl (C=O) groups excluding carboxylic acids is 1. The highest BCUT2D eigenvalue weighted by Gasteiger charge is 2.22. The topological polar surface area (TPSA) is 48.5 Å². The third-order valence-electron chi connectivity index (χ3n) is 4.63. The van der Waals surface area contributed by atoms with Gasteiger partial charge in [-0.1, -0.05) is 19.3 Å². The minimum Gasteiger partial charge on any atom is -0.371 e. The molecule has 1 saturated carbocycles. The minimum atomic E-state index is -0.0358. The van der Waals surface area contributed by atoms with E-state index in [1.807, 2.05) is 12.3 Å². The number of nitrogens with one attached hydrogen (secondary N) is 1. The van der Waals surface area contributed by atoms with Gasteiger partial charge in [0.15, 0.2) is 0 Å². The van der Waals surface area contributed by atoms with Gasteiger partial charge in [0.2, 0.25) is 0 Å². The van der Waals surface area contributed by atoms with Crippen LogP contribution in [0, 0.1) is 0 Å². The zero-order valence-electron chi connectivity index (χ0n) is 12.9. The summed E-state index contributed by atoms with van der Waals surface area (Å²) in [5.74, 6) is -0.0358. The van der Waals surface area contributed by atoms with Gasteiger partial charge in [0, 0.05) is 33.2 Å². The van der Waals surface area contributed by atoms with Crippen LogP contribution in [0.4, 0.5) is 11.4 Å². The van der Waals surface area contributed by atoms with E-state index >= 15 is 0 Å². The maximum Gasteiger partial charge on any atom is 0.270 e. The van der Waals surface area contributed by atoms with Gasteiger partial charge >= 0.3 is 0 Å². The Morgan fingerprint density at radius 1 is 1.14 bits per heavy atom. The molecule has 3 rings (SSSR count). The van der Waals surface area contributed by atoms with Crippen molar-refractivity contribution in [2.45, 2.75) is 38.1 Å². The van der Waals surface area contributed by atoms with Gasteiger partial charge in [0.25, 0.3) is 5.91 Å². The summed E-state index contributed by atoms with van der Waals surface area (Å²) < 4.78 is 0. The predicted octanol–water partition coefficient (Wildman–Crippen LogP) is 2.03. The quantitative estimate of drug-likeness (QED) is 0.904. The predicted molar refractivity (Wildman–Crippen MR) is 85.1 cm³/mol. The Bertz CT molecular complexity index is 525. The van der Waals surface area contributed by atoms with Crippen molar-refractivity contribution >= 4 is 17.3 Å². The first kappa shape index (κ1) is 14.2. The van der Waals surface area contributed by atoms with Crippen LogP contribution in [0.2, 0.25) is 0 Å². The number of likely N-dealkylation sites (N-methyl/N-ethyl adjacent to an activating group) is 2. The van der Waals surface area contributed by atoms with E-state index in [2.05, 4.69) is 34.2 Å². The maximum atomic E-state index is 12.4. The lowest BCUT2D eigenvalue weighted by Crippen LogP contribution is -2.38. The lowest BCUT2D eigenvalue weighted by atomic mass is 9.95. The van der Waals surface area contributed by atoms with Crippen molar-refractivity contribution in [3.8, 4) is 0 Å². The SMILES string of the molecule is CN1CCN(C)c2cc(C(=O)NC3CCCCC3)ncc21. The number of amides is 1. The number of pyridine rings is 1. The van der Waals surface area contributed by atoms with Crippen LogP contribution in [0.3, 0.4) is 0 Å². The molecule has 2 aliphatic rings. The molecule has 0 saturated heterocycles. The molecule has 0 spiro atoms. The second-order valence-corrected chi connectivity index (χ2v) is 6.21. The van der Waals surface area contributed by atoms with Gasteiger partial charge in [-0.05, 0) is 18.9 Å². The summed E-state index contributed by atoms with van der Waals surface area (Å²) >= 11 is 0. The van der Waals surface area contributed by atoms with Crippen LogP contribution in [0.15, 0.2) is 12.3 Å². The Labute approximate surface area is 126 Å². The molecule has 0 unspecified atom stereocenters. The first-order valence-corrected chi connectivity index (χ1v) is 7.88. The smallest absolute Gasteiger partial charge is 0.270 e. The van der Waals surface area contributed by atoms with Crippen LogP contribution in [-0.2, 0) is 0 Å². The van der Waals surface area contributed by atoms with Crippen LogP contribution in [0.25, 0.3) is 0 Å². The molecule has 1 aromatic heterocycles. The number of anilines is 2. The lowest BCUT2D eigenvalue weighted by Gasteiger charge is -2.34. The molecule has 1 N–H and O–H groups in total. The zero-order chi connectivity index (χ0) is 14.8. The largest absolute Gasteiger partial charge is 0.371 e. The lowest BCUT2D eigenvalue weighted by molar-refractivity contribution is 0.0922. The highest BCUT2D eigenvalue weighted by atomic mass is 16.1. The monoisotopic (exact) mass is 288 g/mol. The molecule has 0 atom stereocenters. The number of fused-ring (bicyclic) bond motifs is 1. The molecule has 0 radical (unpaired) electrons. The molecule has 1 aliphatic carbocycles. The fourth-order valence-electron chi connectivity index (χ4n) is 3.21. The highest BCUT2D eigenvalue weighted by Crippen LogP contribution is 2.31. The molecule has 1 aromatic rings. The Morgan fingerprint density at radius 2 is 1.81 bits per heavy atom. The highest BCUT2D eigenvalue weighted by molar-refractivity contribution is 5.94. The molecule has 1 amide bonds. The van der Waals surface area contributed by atoms with Gasteiger partial charge in [-0.25, -0.2) is 4.98 Å². The van der Waals surface area contributed by atoms with Crippen LogP contribution >= 0.6 is 0 Å². The molecule has 5 heteroatoms. The number of hydrogen-bond donors (Lipinski definition) is 1. The summed E-state index contributed by atoms with van der Waals surface area (Å²) in [4.78, 5) is 21.1. The van der Waals surface area contributed by atoms with Gasteiger partial charge < -0.3 is 15.1 Å². The zero-order valence-corrected chi connectivity index (χ0v) is 12.9. The fraction of sp³-hybridized carbons (Fsp3) is 0.625. The van der Waals surface area contributed by atoms with E-state index in [0.717, 1.165) is 37.3 Å². The van der Waals surface area contributed by atoms with Gasteiger partial charge in [-0.15, -0.1) is 0 Å². The van der Waals surface area contributed by atoms with Gasteiger partial charge in [-0.3, -0.25) is 4.79 Å². The van der Waals surface area contributed by atoms with Crippen molar-refractivity contribution in [2.24, 2.45) is 0 Å². The summed E-state index contributed by atoms with van der Waals surface area (Å²) in [6.07, 6.45) is 7.74. The van der Waals surface area contributed by atoms with Gasteiger partial charge in [0.1, 0.15) is 5.69 Å². The van der Waals surface area contributed by atoms with Crippen molar-refractivity contribution in [1.82, 2.24) is 10.3 Å². The average Bonchev–Trinajstić information content (AvgIpc) is 2.52.